The van der Waals surface area contributed by atoms with Crippen molar-refractivity contribution in [3.63, 3.8) is 0 Å². The van der Waals surface area contributed by atoms with E-state index in [2.05, 4.69) is 5.32 Å². The second-order valence-corrected chi connectivity index (χ2v) is 4.19. The first-order valence-electron chi connectivity index (χ1n) is 5.44. The molecule has 5 nitrogen and oxygen atoms in total. The lowest BCUT2D eigenvalue weighted by Gasteiger charge is -2.12. The van der Waals surface area contributed by atoms with Gasteiger partial charge in [0.1, 0.15) is 0 Å². The lowest BCUT2D eigenvalue weighted by Crippen LogP contribution is -2.34. The molecule has 1 unspecified atom stereocenters. The molecule has 2 N–H and O–H groups in total. The highest BCUT2D eigenvalue weighted by molar-refractivity contribution is 6.19. The molecular formula is C13H15NO4. The fourth-order valence-corrected chi connectivity index (χ4v) is 1.63. The van der Waals surface area contributed by atoms with Crippen molar-refractivity contribution in [3.8, 4) is 0 Å². The molecule has 0 heterocycles. The number of carboxylic acids is 1. The number of aryl methyl sites for hydroxylation is 2. The van der Waals surface area contributed by atoms with E-state index in [0.29, 0.717) is 5.69 Å². The number of Topliss-reactive ketones (excluding diaryl/α,β-unsaturated/α-hetero) is 1. The summed E-state index contributed by atoms with van der Waals surface area (Å²) in [4.78, 5) is 33.7. The lowest BCUT2D eigenvalue weighted by molar-refractivity contribution is -0.149. The predicted molar refractivity (Wildman–Crippen MR) is 66.4 cm³/mol. The van der Waals surface area contributed by atoms with Gasteiger partial charge in [0.15, 0.2) is 11.7 Å². The fourth-order valence-electron chi connectivity index (χ4n) is 1.63. The Hall–Kier alpha value is -2.17. The Morgan fingerprint density at radius 2 is 1.83 bits per heavy atom. The van der Waals surface area contributed by atoms with E-state index in [9.17, 15) is 14.4 Å². The molecule has 0 aliphatic heterocycles. The SMILES string of the molecule is CC(=O)C(C(=O)O)C(=O)Nc1ccc(C)cc1C. The zero-order chi connectivity index (χ0) is 13.9. The Bertz CT molecular complexity index is 494. The van der Waals surface area contributed by atoms with Gasteiger partial charge in [-0.2, -0.15) is 0 Å². The second-order valence-electron chi connectivity index (χ2n) is 4.19. The minimum atomic E-state index is -1.66. The molecule has 0 aliphatic rings. The zero-order valence-corrected chi connectivity index (χ0v) is 10.5. The number of hydrogen-bond donors (Lipinski definition) is 2. The molecular weight excluding hydrogens is 234 g/mol. The zero-order valence-electron chi connectivity index (χ0n) is 10.5. The molecule has 1 rings (SSSR count). The van der Waals surface area contributed by atoms with E-state index in [1.54, 1.807) is 19.1 Å². The number of nitrogens with one attached hydrogen (secondary N) is 1. The fraction of sp³-hybridized carbons (Fsp3) is 0.308. The maximum atomic E-state index is 11.7. The normalized spacial score (nSPS) is 11.7. The molecule has 0 aromatic heterocycles. The van der Waals surface area contributed by atoms with E-state index >= 15 is 0 Å². The number of carbonyl (C=O) groups is 3. The number of carboxylic acid groups (broad SMARTS) is 1. The Labute approximate surface area is 105 Å². The first-order valence-corrected chi connectivity index (χ1v) is 5.44. The van der Waals surface area contributed by atoms with Gasteiger partial charge in [0.25, 0.3) is 0 Å². The van der Waals surface area contributed by atoms with E-state index in [1.165, 1.54) is 0 Å². The van der Waals surface area contributed by atoms with Gasteiger partial charge in [0, 0.05) is 5.69 Å². The molecule has 18 heavy (non-hydrogen) atoms. The van der Waals surface area contributed by atoms with Crippen LogP contribution in [-0.4, -0.2) is 22.8 Å². The van der Waals surface area contributed by atoms with Gasteiger partial charge < -0.3 is 10.4 Å². The quantitative estimate of drug-likeness (QED) is 0.793. The van der Waals surface area contributed by atoms with Gasteiger partial charge in [-0.05, 0) is 32.4 Å². The first-order chi connectivity index (χ1) is 8.32. The van der Waals surface area contributed by atoms with Crippen LogP contribution in [0.4, 0.5) is 5.69 Å². The molecule has 0 aliphatic carbocycles. The van der Waals surface area contributed by atoms with Crippen LogP contribution in [-0.2, 0) is 14.4 Å². The summed E-state index contributed by atoms with van der Waals surface area (Å²) in [5, 5.41) is 11.3. The van der Waals surface area contributed by atoms with Crippen molar-refractivity contribution in [2.45, 2.75) is 20.8 Å². The molecule has 96 valence electrons. The molecule has 0 saturated carbocycles. The summed E-state index contributed by atoms with van der Waals surface area (Å²) in [7, 11) is 0. The minimum Gasteiger partial charge on any atom is -0.480 e. The van der Waals surface area contributed by atoms with Crippen molar-refractivity contribution in [2.24, 2.45) is 5.92 Å². The number of carbonyl (C=O) groups excluding carboxylic acids is 2. The molecule has 1 aromatic rings. The number of hydrogen-bond acceptors (Lipinski definition) is 3. The van der Waals surface area contributed by atoms with Crippen LogP contribution in [0.5, 0.6) is 0 Å². The first kappa shape index (κ1) is 13.9. The number of ketones is 1. The van der Waals surface area contributed by atoms with Crippen molar-refractivity contribution in [1.82, 2.24) is 0 Å². The van der Waals surface area contributed by atoms with Gasteiger partial charge in [-0.3, -0.25) is 14.4 Å². The van der Waals surface area contributed by atoms with E-state index in [4.69, 9.17) is 5.11 Å². The lowest BCUT2D eigenvalue weighted by atomic mass is 10.0. The molecule has 1 aromatic carbocycles. The summed E-state index contributed by atoms with van der Waals surface area (Å²) in [6.45, 7) is 4.79. The Kier molecular flexibility index (Phi) is 4.20. The number of amides is 1. The van der Waals surface area contributed by atoms with Crippen LogP contribution in [0.1, 0.15) is 18.1 Å². The van der Waals surface area contributed by atoms with Crippen LogP contribution < -0.4 is 5.32 Å². The van der Waals surface area contributed by atoms with Gasteiger partial charge >= 0.3 is 5.97 Å². The van der Waals surface area contributed by atoms with Crippen LogP contribution >= 0.6 is 0 Å². The predicted octanol–water partition coefficient (Wildman–Crippen LogP) is 1.53. The molecule has 1 amide bonds. The van der Waals surface area contributed by atoms with Crippen molar-refractivity contribution in [2.75, 3.05) is 5.32 Å². The molecule has 0 bridgehead atoms. The summed E-state index contributed by atoms with van der Waals surface area (Å²) in [6.07, 6.45) is 0. The van der Waals surface area contributed by atoms with E-state index < -0.39 is 23.6 Å². The highest BCUT2D eigenvalue weighted by Gasteiger charge is 2.31. The highest BCUT2D eigenvalue weighted by Crippen LogP contribution is 2.17. The Morgan fingerprint density at radius 1 is 1.22 bits per heavy atom. The maximum Gasteiger partial charge on any atom is 0.323 e. The Balaban J connectivity index is 2.93. The van der Waals surface area contributed by atoms with Crippen LogP contribution in [0.2, 0.25) is 0 Å². The van der Waals surface area contributed by atoms with E-state index in [1.807, 2.05) is 13.0 Å². The minimum absolute atomic E-state index is 0.512. The summed E-state index contributed by atoms with van der Waals surface area (Å²) < 4.78 is 0. The molecule has 1 atom stereocenters. The third kappa shape index (κ3) is 3.16. The number of anilines is 1. The summed E-state index contributed by atoms with van der Waals surface area (Å²) >= 11 is 0. The molecule has 5 heteroatoms. The summed E-state index contributed by atoms with van der Waals surface area (Å²) in [5.74, 6) is -4.61. The van der Waals surface area contributed by atoms with Crippen LogP contribution in [0.15, 0.2) is 18.2 Å². The highest BCUT2D eigenvalue weighted by atomic mass is 16.4. The van der Waals surface area contributed by atoms with E-state index in [0.717, 1.165) is 18.1 Å². The van der Waals surface area contributed by atoms with Crippen molar-refractivity contribution < 1.29 is 19.5 Å². The van der Waals surface area contributed by atoms with Gasteiger partial charge in [-0.25, -0.2) is 0 Å². The molecule has 0 fully saturated rings. The smallest absolute Gasteiger partial charge is 0.323 e. The number of benzene rings is 1. The monoisotopic (exact) mass is 249 g/mol. The van der Waals surface area contributed by atoms with Gasteiger partial charge in [-0.15, -0.1) is 0 Å². The van der Waals surface area contributed by atoms with Crippen molar-refractivity contribution in [3.05, 3.63) is 29.3 Å². The van der Waals surface area contributed by atoms with E-state index in [-0.39, 0.29) is 0 Å². The largest absolute Gasteiger partial charge is 0.480 e. The molecule has 0 radical (unpaired) electrons. The topological polar surface area (TPSA) is 83.5 Å². The Morgan fingerprint density at radius 3 is 2.28 bits per heavy atom. The maximum absolute atomic E-state index is 11.7. The van der Waals surface area contributed by atoms with Gasteiger partial charge in [0.2, 0.25) is 5.91 Å². The summed E-state index contributed by atoms with van der Waals surface area (Å²) in [5.41, 5.74) is 2.36. The second kappa shape index (κ2) is 5.44. The number of rotatable bonds is 4. The van der Waals surface area contributed by atoms with Crippen LogP contribution in [0, 0.1) is 19.8 Å². The third-order valence-corrected chi connectivity index (χ3v) is 2.56. The standard InChI is InChI=1S/C13H15NO4/c1-7-4-5-10(8(2)6-7)14-12(16)11(9(3)15)13(17)18/h4-6,11H,1-3H3,(H,14,16)(H,17,18). The summed E-state index contributed by atoms with van der Waals surface area (Å²) in [6, 6.07) is 5.34. The molecule has 0 spiro atoms. The van der Waals surface area contributed by atoms with Crippen LogP contribution in [0.25, 0.3) is 0 Å². The average molecular weight is 249 g/mol. The number of aliphatic carboxylic acids is 1. The molecule has 0 saturated heterocycles. The van der Waals surface area contributed by atoms with Gasteiger partial charge in [0.05, 0.1) is 0 Å². The average Bonchev–Trinajstić information content (AvgIpc) is 2.21. The van der Waals surface area contributed by atoms with Crippen LogP contribution in [0.3, 0.4) is 0 Å². The third-order valence-electron chi connectivity index (χ3n) is 2.56. The van der Waals surface area contributed by atoms with Crippen molar-refractivity contribution in [1.29, 1.82) is 0 Å². The van der Waals surface area contributed by atoms with Gasteiger partial charge in [-0.1, -0.05) is 17.7 Å². The van der Waals surface area contributed by atoms with Crippen molar-refractivity contribution >= 4 is 23.3 Å².